The first kappa shape index (κ1) is 12.9. The number of halogens is 1. The minimum atomic E-state index is -0.798. The highest BCUT2D eigenvalue weighted by molar-refractivity contribution is 7.99. The lowest BCUT2D eigenvalue weighted by Crippen LogP contribution is -2.11. The second-order valence-corrected chi connectivity index (χ2v) is 5.63. The fraction of sp³-hybridized carbons (Fsp3) is 0.385. The van der Waals surface area contributed by atoms with Gasteiger partial charge < -0.3 is 5.11 Å². The van der Waals surface area contributed by atoms with E-state index in [0.29, 0.717) is 16.2 Å². The molecule has 1 aromatic rings. The summed E-state index contributed by atoms with van der Waals surface area (Å²) >= 11 is 1.33. The summed E-state index contributed by atoms with van der Waals surface area (Å²) in [5.41, 5.74) is 0.139. The van der Waals surface area contributed by atoms with Crippen LogP contribution in [0, 0.1) is 22.6 Å². The van der Waals surface area contributed by atoms with Crippen molar-refractivity contribution >= 4 is 17.7 Å². The summed E-state index contributed by atoms with van der Waals surface area (Å²) in [7, 11) is 0. The Kier molecular flexibility index (Phi) is 3.58. The highest BCUT2D eigenvalue weighted by Crippen LogP contribution is 2.52. The van der Waals surface area contributed by atoms with E-state index in [9.17, 15) is 9.18 Å². The summed E-state index contributed by atoms with van der Waals surface area (Å²) in [5.74, 6) is -0.596. The van der Waals surface area contributed by atoms with Crippen molar-refractivity contribution in [3.63, 3.8) is 0 Å². The molecule has 0 heterocycles. The molecular formula is C13H12FNO2S. The maximum Gasteiger partial charge on any atom is 0.303 e. The van der Waals surface area contributed by atoms with Gasteiger partial charge in [0.05, 0.1) is 18.1 Å². The molecule has 1 aliphatic rings. The van der Waals surface area contributed by atoms with Crippen molar-refractivity contribution in [1.29, 1.82) is 5.26 Å². The molecule has 0 aliphatic heterocycles. The van der Waals surface area contributed by atoms with Crippen LogP contribution < -0.4 is 0 Å². The standard InChI is InChI=1S/C13H12FNO2S/c14-10-5-9(7-15)1-2-11(10)18-8-13(3-4-13)6-12(16)17/h1-2,5H,3-4,6,8H2,(H,16,17). The maximum atomic E-state index is 13.6. The lowest BCUT2D eigenvalue weighted by atomic mass is 10.1. The van der Waals surface area contributed by atoms with Crippen LogP contribution in [-0.4, -0.2) is 16.8 Å². The topological polar surface area (TPSA) is 61.1 Å². The zero-order valence-corrected chi connectivity index (χ0v) is 10.5. The largest absolute Gasteiger partial charge is 0.481 e. The molecule has 1 saturated carbocycles. The van der Waals surface area contributed by atoms with Gasteiger partial charge in [-0.3, -0.25) is 4.79 Å². The molecule has 0 amide bonds. The van der Waals surface area contributed by atoms with Crippen molar-refractivity contribution in [2.24, 2.45) is 5.41 Å². The van der Waals surface area contributed by atoms with Crippen LogP contribution in [0.2, 0.25) is 0 Å². The third-order valence-corrected chi connectivity index (χ3v) is 4.48. The van der Waals surface area contributed by atoms with Gasteiger partial charge in [0.25, 0.3) is 0 Å². The predicted molar refractivity (Wildman–Crippen MR) is 65.8 cm³/mol. The molecule has 3 nitrogen and oxygen atoms in total. The molecule has 0 unspecified atom stereocenters. The average Bonchev–Trinajstić information content (AvgIpc) is 3.06. The molecule has 0 atom stereocenters. The summed E-state index contributed by atoms with van der Waals surface area (Å²) in [6, 6.07) is 6.24. The first-order chi connectivity index (χ1) is 8.54. The molecule has 1 N–H and O–H groups in total. The lowest BCUT2D eigenvalue weighted by molar-refractivity contribution is -0.138. The normalized spacial score (nSPS) is 16.0. The van der Waals surface area contributed by atoms with Crippen molar-refractivity contribution in [3.05, 3.63) is 29.6 Å². The van der Waals surface area contributed by atoms with Crippen molar-refractivity contribution in [2.45, 2.75) is 24.2 Å². The third-order valence-electron chi connectivity index (χ3n) is 3.08. The van der Waals surface area contributed by atoms with E-state index in [2.05, 4.69) is 0 Å². The predicted octanol–water partition coefficient (Wildman–Crippen LogP) is 3.04. The molecule has 1 aromatic carbocycles. The number of carboxylic acids is 1. The molecule has 18 heavy (non-hydrogen) atoms. The summed E-state index contributed by atoms with van der Waals surface area (Å²) in [5, 5.41) is 17.4. The summed E-state index contributed by atoms with van der Waals surface area (Å²) in [4.78, 5) is 11.2. The van der Waals surface area contributed by atoms with Gasteiger partial charge in [0.2, 0.25) is 0 Å². The van der Waals surface area contributed by atoms with Crippen molar-refractivity contribution in [1.82, 2.24) is 0 Å². The van der Waals surface area contributed by atoms with Crippen LogP contribution in [0.3, 0.4) is 0 Å². The second-order valence-electron chi connectivity index (χ2n) is 4.62. The van der Waals surface area contributed by atoms with E-state index in [0.717, 1.165) is 12.8 Å². The number of carboxylic acid groups (broad SMARTS) is 1. The Morgan fingerprint density at radius 1 is 1.56 bits per heavy atom. The molecule has 0 radical (unpaired) electrons. The molecular weight excluding hydrogens is 253 g/mol. The lowest BCUT2D eigenvalue weighted by Gasteiger charge is -2.12. The fourth-order valence-electron chi connectivity index (χ4n) is 1.79. The van der Waals surface area contributed by atoms with E-state index in [1.807, 2.05) is 6.07 Å². The van der Waals surface area contributed by atoms with Gasteiger partial charge in [0, 0.05) is 10.6 Å². The molecule has 0 bridgehead atoms. The molecule has 94 valence electrons. The van der Waals surface area contributed by atoms with E-state index in [-0.39, 0.29) is 11.8 Å². The third kappa shape index (κ3) is 3.02. The zero-order chi connectivity index (χ0) is 13.2. The summed E-state index contributed by atoms with van der Waals surface area (Å²) in [6.07, 6.45) is 1.94. The van der Waals surface area contributed by atoms with Crippen LogP contribution in [-0.2, 0) is 4.79 Å². The number of carbonyl (C=O) groups is 1. The Morgan fingerprint density at radius 3 is 2.78 bits per heavy atom. The summed E-state index contributed by atoms with van der Waals surface area (Å²) < 4.78 is 13.6. The van der Waals surface area contributed by atoms with Crippen LogP contribution in [0.1, 0.15) is 24.8 Å². The number of hydrogen-bond donors (Lipinski definition) is 1. The molecule has 1 fully saturated rings. The number of rotatable bonds is 5. The fourth-order valence-corrected chi connectivity index (χ4v) is 3.00. The number of thioether (sulfide) groups is 1. The van der Waals surface area contributed by atoms with Gasteiger partial charge in [0.15, 0.2) is 0 Å². The smallest absolute Gasteiger partial charge is 0.303 e. The van der Waals surface area contributed by atoms with Gasteiger partial charge in [-0.2, -0.15) is 5.26 Å². The van der Waals surface area contributed by atoms with Crippen LogP contribution in [0.15, 0.2) is 23.1 Å². The number of aliphatic carboxylic acids is 1. The van der Waals surface area contributed by atoms with Gasteiger partial charge >= 0.3 is 5.97 Å². The van der Waals surface area contributed by atoms with Crippen molar-refractivity contribution < 1.29 is 14.3 Å². The Balaban J connectivity index is 1.99. The summed E-state index contributed by atoms with van der Waals surface area (Å²) in [6.45, 7) is 0. The van der Waals surface area contributed by atoms with Crippen molar-refractivity contribution in [3.8, 4) is 6.07 Å². The molecule has 5 heteroatoms. The van der Waals surface area contributed by atoms with Gasteiger partial charge in [-0.25, -0.2) is 4.39 Å². The Labute approximate surface area is 109 Å². The van der Waals surface area contributed by atoms with Crippen LogP contribution in [0.4, 0.5) is 4.39 Å². The minimum Gasteiger partial charge on any atom is -0.481 e. The highest BCUT2D eigenvalue weighted by atomic mass is 32.2. The van der Waals surface area contributed by atoms with Gasteiger partial charge in [0.1, 0.15) is 5.82 Å². The minimum absolute atomic E-state index is 0.151. The number of benzene rings is 1. The molecule has 0 aromatic heterocycles. The zero-order valence-electron chi connectivity index (χ0n) is 9.65. The maximum absolute atomic E-state index is 13.6. The van der Waals surface area contributed by atoms with Crippen molar-refractivity contribution in [2.75, 3.05) is 5.75 Å². The van der Waals surface area contributed by atoms with Crippen LogP contribution in [0.25, 0.3) is 0 Å². The molecule has 1 aliphatic carbocycles. The van der Waals surface area contributed by atoms with Gasteiger partial charge in [-0.1, -0.05) is 0 Å². The number of nitrogens with zero attached hydrogens (tertiary/aromatic N) is 1. The van der Waals surface area contributed by atoms with Crippen LogP contribution >= 0.6 is 11.8 Å². The highest BCUT2D eigenvalue weighted by Gasteiger charge is 2.44. The molecule has 0 saturated heterocycles. The quantitative estimate of drug-likeness (QED) is 0.831. The molecule has 2 rings (SSSR count). The first-order valence-corrected chi connectivity index (χ1v) is 6.57. The first-order valence-electron chi connectivity index (χ1n) is 5.59. The molecule has 0 spiro atoms. The number of nitriles is 1. The average molecular weight is 265 g/mol. The van der Waals surface area contributed by atoms with E-state index in [1.54, 1.807) is 12.1 Å². The Hall–Kier alpha value is -1.54. The van der Waals surface area contributed by atoms with E-state index in [4.69, 9.17) is 10.4 Å². The van der Waals surface area contributed by atoms with Gasteiger partial charge in [-0.05, 0) is 36.5 Å². The SMILES string of the molecule is N#Cc1ccc(SCC2(CC(=O)O)CC2)c(F)c1. The number of hydrogen-bond acceptors (Lipinski definition) is 3. The Morgan fingerprint density at radius 2 is 2.28 bits per heavy atom. The Bertz CT molecular complexity index is 520. The van der Waals surface area contributed by atoms with Gasteiger partial charge in [-0.15, -0.1) is 11.8 Å². The van der Waals surface area contributed by atoms with Crippen LogP contribution in [0.5, 0.6) is 0 Å². The monoisotopic (exact) mass is 265 g/mol. The second kappa shape index (κ2) is 4.99. The van der Waals surface area contributed by atoms with E-state index in [1.165, 1.54) is 17.8 Å². The van der Waals surface area contributed by atoms with E-state index >= 15 is 0 Å². The van der Waals surface area contributed by atoms with E-state index < -0.39 is 11.8 Å².